The molecule has 0 fully saturated rings. The van der Waals surface area contributed by atoms with Crippen LogP contribution in [-0.2, 0) is 34.0 Å². The lowest BCUT2D eigenvalue weighted by Gasteiger charge is -2.16. The van der Waals surface area contributed by atoms with Crippen molar-refractivity contribution in [1.82, 2.24) is 4.57 Å². The maximum atomic E-state index is 12.2. The van der Waals surface area contributed by atoms with Crippen molar-refractivity contribution in [1.29, 1.82) is 0 Å². The zero-order valence-corrected chi connectivity index (χ0v) is 27.4. The maximum absolute atomic E-state index is 12.2. The highest BCUT2D eigenvalue weighted by molar-refractivity contribution is 5.92. The number of methoxy groups -OCH3 is 1. The highest BCUT2D eigenvalue weighted by Gasteiger charge is 2.21. The fourth-order valence-corrected chi connectivity index (χ4v) is 5.70. The number of hydrogen-bond acceptors (Lipinski definition) is 6. The Balaban J connectivity index is 1.29. The number of fused-ring (bicyclic) bond motifs is 1. The Morgan fingerprint density at radius 3 is 1.88 bits per heavy atom. The summed E-state index contributed by atoms with van der Waals surface area (Å²) in [5.41, 5.74) is 7.76. The second kappa shape index (κ2) is 15.4. The number of aryl methyl sites for hydroxylation is 1. The van der Waals surface area contributed by atoms with Crippen LogP contribution in [0.2, 0.25) is 0 Å². The summed E-state index contributed by atoms with van der Waals surface area (Å²) in [6.45, 7) is 5.77. The number of carbonyl (C=O) groups excluding carboxylic acids is 1. The Bertz CT molecular complexity index is 1930. The van der Waals surface area contributed by atoms with E-state index >= 15 is 0 Å². The number of rotatable bonds is 14. The molecule has 7 nitrogen and oxygen atoms in total. The Hall–Kier alpha value is -5.53. The highest BCUT2D eigenvalue weighted by Crippen LogP contribution is 2.37. The van der Waals surface area contributed by atoms with Crippen LogP contribution in [0.1, 0.15) is 29.2 Å². The molecule has 0 amide bonds. The molecule has 0 radical (unpaired) electrons. The van der Waals surface area contributed by atoms with Gasteiger partial charge in [0.1, 0.15) is 30.5 Å². The molecule has 1 atom stereocenters. The molecule has 1 aromatic heterocycles. The van der Waals surface area contributed by atoms with Gasteiger partial charge in [-0.25, -0.2) is 4.79 Å². The van der Waals surface area contributed by atoms with Gasteiger partial charge in [-0.05, 0) is 96.3 Å². The molecule has 0 aliphatic carbocycles. The third-order valence-corrected chi connectivity index (χ3v) is 8.11. The van der Waals surface area contributed by atoms with Gasteiger partial charge in [-0.2, -0.15) is 0 Å². The molecule has 0 aliphatic rings. The van der Waals surface area contributed by atoms with Gasteiger partial charge in [0.05, 0.1) is 12.3 Å². The van der Waals surface area contributed by atoms with E-state index in [9.17, 15) is 4.79 Å². The van der Waals surface area contributed by atoms with E-state index in [-0.39, 0.29) is 6.61 Å². The summed E-state index contributed by atoms with van der Waals surface area (Å²) in [6.07, 6.45) is -1.13. The van der Waals surface area contributed by atoms with Crippen LogP contribution < -0.4 is 14.2 Å². The Morgan fingerprint density at radius 2 is 1.27 bits per heavy atom. The van der Waals surface area contributed by atoms with Gasteiger partial charge in [0.2, 0.25) is 0 Å². The Labute approximate surface area is 281 Å². The van der Waals surface area contributed by atoms with Gasteiger partial charge in [0.15, 0.2) is 0 Å². The van der Waals surface area contributed by atoms with E-state index in [4.69, 9.17) is 23.7 Å². The smallest absolute Gasteiger partial charge is 0.376 e. The van der Waals surface area contributed by atoms with Gasteiger partial charge in [-0.3, -0.25) is 0 Å². The van der Waals surface area contributed by atoms with E-state index in [2.05, 4.69) is 60.0 Å². The Morgan fingerprint density at radius 1 is 0.688 bits per heavy atom. The summed E-state index contributed by atoms with van der Waals surface area (Å²) in [4.78, 5) is 12.2. The van der Waals surface area contributed by atoms with E-state index in [1.807, 2.05) is 78.9 Å². The topological polar surface area (TPSA) is 68.2 Å². The standard InChI is InChI=1S/C41H39NO6/c1-4-45-40(43)41(44-3)48-35-19-15-30(16-20-35)26-42-38-24-23-36(47-28-32-13-9-6-10-14-32)25-37(38)29(2)39(42)33-17-21-34(22-18-33)46-27-31-11-7-5-8-12-31/h5-25,41H,4,26-28H2,1-3H3. The number of esters is 1. The fraction of sp³-hybridized carbons (Fsp3) is 0.195. The molecule has 5 aromatic carbocycles. The predicted octanol–water partition coefficient (Wildman–Crippen LogP) is 8.74. The van der Waals surface area contributed by atoms with Gasteiger partial charge < -0.3 is 28.3 Å². The molecule has 1 heterocycles. The average Bonchev–Trinajstić information content (AvgIpc) is 3.40. The predicted molar refractivity (Wildman–Crippen MR) is 187 cm³/mol. The van der Waals surface area contributed by atoms with E-state index in [1.54, 1.807) is 6.92 Å². The fourth-order valence-electron chi connectivity index (χ4n) is 5.70. The molecular formula is C41H39NO6. The van der Waals surface area contributed by atoms with Crippen LogP contribution in [0.5, 0.6) is 17.2 Å². The highest BCUT2D eigenvalue weighted by atomic mass is 16.7. The molecule has 0 saturated heterocycles. The largest absolute Gasteiger partial charge is 0.489 e. The quantitative estimate of drug-likeness (QED) is 0.0875. The van der Waals surface area contributed by atoms with Crippen molar-refractivity contribution < 1.29 is 28.5 Å². The molecule has 7 heteroatoms. The second-order valence-corrected chi connectivity index (χ2v) is 11.4. The number of hydrogen-bond donors (Lipinski definition) is 0. The molecule has 1 unspecified atom stereocenters. The Kier molecular flexibility index (Phi) is 10.4. The molecule has 6 aromatic rings. The molecule has 0 N–H and O–H groups in total. The van der Waals surface area contributed by atoms with Crippen LogP contribution in [-0.4, -0.2) is 30.5 Å². The van der Waals surface area contributed by atoms with Crippen molar-refractivity contribution in [2.24, 2.45) is 0 Å². The molecule has 244 valence electrons. The van der Waals surface area contributed by atoms with Crippen LogP contribution in [0, 0.1) is 6.92 Å². The van der Waals surface area contributed by atoms with Crippen LogP contribution >= 0.6 is 0 Å². The van der Waals surface area contributed by atoms with Gasteiger partial charge >= 0.3 is 5.97 Å². The van der Waals surface area contributed by atoms with Gasteiger partial charge in [0, 0.05) is 24.6 Å². The first kappa shape index (κ1) is 32.4. The van der Waals surface area contributed by atoms with Crippen molar-refractivity contribution in [3.8, 4) is 28.5 Å². The summed E-state index contributed by atoms with van der Waals surface area (Å²) in [5, 5.41) is 1.12. The van der Waals surface area contributed by atoms with Crippen LogP contribution in [0.3, 0.4) is 0 Å². The number of ether oxygens (including phenoxy) is 5. The van der Waals surface area contributed by atoms with Gasteiger partial charge in [0.25, 0.3) is 6.29 Å². The number of aromatic nitrogens is 1. The van der Waals surface area contributed by atoms with Crippen LogP contribution in [0.15, 0.2) is 127 Å². The van der Waals surface area contributed by atoms with Crippen LogP contribution in [0.4, 0.5) is 0 Å². The monoisotopic (exact) mass is 641 g/mol. The molecule has 6 rings (SSSR count). The van der Waals surface area contributed by atoms with Crippen molar-refractivity contribution in [2.45, 2.75) is 39.9 Å². The molecular weight excluding hydrogens is 602 g/mol. The summed E-state index contributed by atoms with van der Waals surface area (Å²) < 4.78 is 30.6. The third-order valence-electron chi connectivity index (χ3n) is 8.11. The molecule has 0 saturated carbocycles. The normalized spacial score (nSPS) is 11.6. The number of benzene rings is 5. The maximum Gasteiger partial charge on any atom is 0.376 e. The average molecular weight is 642 g/mol. The number of carbonyl (C=O) groups is 1. The van der Waals surface area contributed by atoms with Crippen molar-refractivity contribution in [3.63, 3.8) is 0 Å². The van der Waals surface area contributed by atoms with Crippen molar-refractivity contribution in [2.75, 3.05) is 13.7 Å². The van der Waals surface area contributed by atoms with E-state index in [0.29, 0.717) is 25.5 Å². The van der Waals surface area contributed by atoms with Crippen molar-refractivity contribution in [3.05, 3.63) is 150 Å². The minimum absolute atomic E-state index is 0.248. The summed E-state index contributed by atoms with van der Waals surface area (Å²) in [5.74, 6) is 1.58. The van der Waals surface area contributed by atoms with Crippen molar-refractivity contribution >= 4 is 16.9 Å². The number of nitrogens with zero attached hydrogens (tertiary/aromatic N) is 1. The van der Waals surface area contributed by atoms with E-state index in [0.717, 1.165) is 55.9 Å². The first-order valence-electron chi connectivity index (χ1n) is 16.0. The molecule has 48 heavy (non-hydrogen) atoms. The molecule has 0 bridgehead atoms. The second-order valence-electron chi connectivity index (χ2n) is 11.4. The zero-order valence-electron chi connectivity index (χ0n) is 27.4. The zero-order chi connectivity index (χ0) is 33.3. The lowest BCUT2D eigenvalue weighted by atomic mass is 10.1. The van der Waals surface area contributed by atoms with Gasteiger partial charge in [-0.15, -0.1) is 0 Å². The lowest BCUT2D eigenvalue weighted by molar-refractivity contribution is -0.172. The van der Waals surface area contributed by atoms with E-state index in [1.165, 1.54) is 7.11 Å². The van der Waals surface area contributed by atoms with Crippen LogP contribution in [0.25, 0.3) is 22.2 Å². The summed E-state index contributed by atoms with van der Waals surface area (Å²) >= 11 is 0. The lowest BCUT2D eigenvalue weighted by Crippen LogP contribution is -2.31. The summed E-state index contributed by atoms with van der Waals surface area (Å²) in [7, 11) is 1.41. The first-order chi connectivity index (χ1) is 23.5. The first-order valence-corrected chi connectivity index (χ1v) is 16.0. The summed E-state index contributed by atoms with van der Waals surface area (Å²) in [6, 6.07) is 42.6. The third kappa shape index (κ3) is 7.70. The SMILES string of the molecule is CCOC(=O)C(OC)Oc1ccc(Cn2c(-c3ccc(OCc4ccccc4)cc3)c(C)c3cc(OCc4ccccc4)ccc32)cc1. The van der Waals surface area contributed by atoms with Gasteiger partial charge in [-0.1, -0.05) is 72.8 Å². The molecule has 0 spiro atoms. The van der Waals surface area contributed by atoms with E-state index < -0.39 is 12.3 Å². The minimum atomic E-state index is -1.13. The minimum Gasteiger partial charge on any atom is -0.489 e. The molecule has 0 aliphatic heterocycles.